The lowest BCUT2D eigenvalue weighted by Gasteiger charge is -2.36. The SMILES string of the molecule is CC(=O)C(C(C)=O)(C(C)=O)[Si](C)(C)C. The first kappa shape index (κ1) is 13.2. The van der Waals surface area contributed by atoms with Crippen LogP contribution >= 0.6 is 0 Å². The summed E-state index contributed by atoms with van der Waals surface area (Å²) in [5.74, 6) is -0.926. The number of rotatable bonds is 4. The summed E-state index contributed by atoms with van der Waals surface area (Å²) in [6.45, 7) is 9.62. The zero-order chi connectivity index (χ0) is 11.7. The zero-order valence-electron chi connectivity index (χ0n) is 9.72. The molecule has 80 valence electrons. The number of ketones is 3. The van der Waals surface area contributed by atoms with Crippen molar-refractivity contribution in [2.45, 2.75) is 45.5 Å². The lowest BCUT2D eigenvalue weighted by Crippen LogP contribution is -2.53. The smallest absolute Gasteiger partial charge is 0.147 e. The van der Waals surface area contributed by atoms with Crippen molar-refractivity contribution in [2.75, 3.05) is 0 Å². The summed E-state index contributed by atoms with van der Waals surface area (Å²) in [6.07, 6.45) is 0. The van der Waals surface area contributed by atoms with Crippen LogP contribution in [0.1, 0.15) is 20.8 Å². The minimum atomic E-state index is -2.17. The quantitative estimate of drug-likeness (QED) is 0.530. The molecule has 0 rings (SSSR count). The molecule has 0 amide bonds. The van der Waals surface area contributed by atoms with Crippen LogP contribution in [0.4, 0.5) is 0 Å². The topological polar surface area (TPSA) is 51.2 Å². The molecule has 0 N–H and O–H groups in total. The predicted molar refractivity (Wildman–Crippen MR) is 58.1 cm³/mol. The van der Waals surface area contributed by atoms with E-state index in [2.05, 4.69) is 0 Å². The molecule has 0 saturated carbocycles. The first-order chi connectivity index (χ1) is 6.08. The summed E-state index contributed by atoms with van der Waals surface area (Å²) >= 11 is 0. The highest BCUT2D eigenvalue weighted by molar-refractivity contribution is 6.90. The van der Waals surface area contributed by atoms with Gasteiger partial charge in [-0.25, -0.2) is 0 Å². The Kier molecular flexibility index (Phi) is 3.56. The Morgan fingerprint density at radius 2 is 1.00 bits per heavy atom. The molecule has 4 heteroatoms. The van der Waals surface area contributed by atoms with Crippen molar-refractivity contribution >= 4 is 25.4 Å². The van der Waals surface area contributed by atoms with Crippen LogP contribution < -0.4 is 0 Å². The van der Waals surface area contributed by atoms with Crippen molar-refractivity contribution < 1.29 is 14.4 Å². The maximum atomic E-state index is 11.6. The molecule has 0 heterocycles. The fraction of sp³-hybridized carbons (Fsp3) is 0.700. The van der Waals surface area contributed by atoms with Crippen LogP contribution in [0.15, 0.2) is 0 Å². The van der Waals surface area contributed by atoms with Crippen LogP contribution in [0.5, 0.6) is 0 Å². The van der Waals surface area contributed by atoms with Gasteiger partial charge in [-0.3, -0.25) is 14.4 Å². The predicted octanol–water partition coefficient (Wildman–Crippen LogP) is 1.83. The lowest BCUT2D eigenvalue weighted by molar-refractivity contribution is -0.136. The fourth-order valence-corrected chi connectivity index (χ4v) is 5.50. The van der Waals surface area contributed by atoms with Crippen molar-refractivity contribution in [1.82, 2.24) is 0 Å². The molecule has 14 heavy (non-hydrogen) atoms. The Morgan fingerprint density at radius 1 is 0.786 bits per heavy atom. The summed E-state index contributed by atoms with van der Waals surface area (Å²) in [4.78, 5) is 34.8. The van der Waals surface area contributed by atoms with E-state index in [-0.39, 0.29) is 17.3 Å². The number of Topliss-reactive ketones (excluding diaryl/α,β-unsaturated/α-hetero) is 3. The van der Waals surface area contributed by atoms with Crippen LogP contribution in [-0.4, -0.2) is 25.4 Å². The Balaban J connectivity index is 5.78. The van der Waals surface area contributed by atoms with E-state index in [1.54, 1.807) is 0 Å². The van der Waals surface area contributed by atoms with Crippen LogP contribution in [0.2, 0.25) is 24.7 Å². The van der Waals surface area contributed by atoms with Crippen molar-refractivity contribution in [3.63, 3.8) is 0 Å². The van der Waals surface area contributed by atoms with E-state index in [1.807, 2.05) is 19.6 Å². The van der Waals surface area contributed by atoms with Gasteiger partial charge in [-0.1, -0.05) is 19.6 Å². The molecule has 0 aliphatic heterocycles. The summed E-state index contributed by atoms with van der Waals surface area (Å²) in [5, 5.41) is -1.34. The van der Waals surface area contributed by atoms with Crippen molar-refractivity contribution in [3.05, 3.63) is 0 Å². The Hall–Kier alpha value is -0.773. The van der Waals surface area contributed by atoms with Crippen molar-refractivity contribution in [3.8, 4) is 0 Å². The highest BCUT2D eigenvalue weighted by Gasteiger charge is 2.55. The Labute approximate surface area is 85.9 Å². The van der Waals surface area contributed by atoms with Crippen LogP contribution in [-0.2, 0) is 14.4 Å². The second-order valence-electron chi connectivity index (χ2n) is 4.67. The highest BCUT2D eigenvalue weighted by atomic mass is 28.3. The Morgan fingerprint density at radius 3 is 1.00 bits per heavy atom. The van der Waals surface area contributed by atoms with E-state index >= 15 is 0 Å². The minimum absolute atomic E-state index is 0.309. The lowest BCUT2D eigenvalue weighted by atomic mass is 9.95. The third-order valence-corrected chi connectivity index (χ3v) is 6.02. The monoisotopic (exact) mass is 214 g/mol. The number of hydrogen-bond acceptors (Lipinski definition) is 3. The van der Waals surface area contributed by atoms with E-state index in [0.29, 0.717) is 0 Å². The van der Waals surface area contributed by atoms with Gasteiger partial charge >= 0.3 is 0 Å². The van der Waals surface area contributed by atoms with E-state index in [1.165, 1.54) is 20.8 Å². The fourth-order valence-electron chi connectivity index (χ4n) is 2.33. The van der Waals surface area contributed by atoms with Gasteiger partial charge in [-0.15, -0.1) is 0 Å². The summed E-state index contributed by atoms with van der Waals surface area (Å²) in [7, 11) is -2.17. The van der Waals surface area contributed by atoms with E-state index < -0.39 is 13.1 Å². The normalized spacial score (nSPS) is 12.4. The molecule has 0 bridgehead atoms. The molecule has 0 aromatic heterocycles. The summed E-state index contributed by atoms with van der Waals surface area (Å²) in [5.41, 5.74) is 0. The van der Waals surface area contributed by atoms with Gasteiger partial charge in [0.15, 0.2) is 0 Å². The molecule has 0 saturated heterocycles. The summed E-state index contributed by atoms with van der Waals surface area (Å²) < 4.78 is 0. The molecule has 0 radical (unpaired) electrons. The number of carbonyl (C=O) groups excluding carboxylic acids is 3. The average Bonchev–Trinajstić information content (AvgIpc) is 1.79. The zero-order valence-corrected chi connectivity index (χ0v) is 10.7. The first-order valence-corrected chi connectivity index (χ1v) is 8.11. The molecule has 0 aromatic carbocycles. The third kappa shape index (κ3) is 1.71. The molecule has 0 spiro atoms. The maximum Gasteiger partial charge on any atom is 0.147 e. The average molecular weight is 214 g/mol. The molecule has 0 aromatic rings. The third-order valence-electron chi connectivity index (χ3n) is 2.71. The van der Waals surface area contributed by atoms with Gasteiger partial charge in [0.05, 0.1) is 8.07 Å². The second kappa shape index (κ2) is 3.77. The molecule has 0 aliphatic carbocycles. The van der Waals surface area contributed by atoms with E-state index in [4.69, 9.17) is 0 Å². The summed E-state index contributed by atoms with van der Waals surface area (Å²) in [6, 6.07) is 0. The highest BCUT2D eigenvalue weighted by Crippen LogP contribution is 2.41. The minimum Gasteiger partial charge on any atom is -0.299 e. The van der Waals surface area contributed by atoms with Gasteiger partial charge < -0.3 is 0 Å². The van der Waals surface area contributed by atoms with Crippen LogP contribution in [0, 0.1) is 0 Å². The maximum absolute atomic E-state index is 11.6. The number of carbonyl (C=O) groups is 3. The van der Waals surface area contributed by atoms with E-state index in [0.717, 1.165) is 0 Å². The van der Waals surface area contributed by atoms with Gasteiger partial charge in [-0.05, 0) is 20.8 Å². The molecular weight excluding hydrogens is 196 g/mol. The van der Waals surface area contributed by atoms with Crippen LogP contribution in [0.3, 0.4) is 0 Å². The first-order valence-electron chi connectivity index (χ1n) is 4.61. The second-order valence-corrected chi connectivity index (χ2v) is 9.92. The molecule has 0 fully saturated rings. The van der Waals surface area contributed by atoms with Gasteiger partial charge in [0.2, 0.25) is 0 Å². The van der Waals surface area contributed by atoms with Gasteiger partial charge in [-0.2, -0.15) is 0 Å². The molecule has 0 atom stereocenters. The van der Waals surface area contributed by atoms with Gasteiger partial charge in [0.1, 0.15) is 22.4 Å². The molecular formula is C10H18O3Si. The van der Waals surface area contributed by atoms with Crippen molar-refractivity contribution in [2.24, 2.45) is 0 Å². The molecule has 0 aliphatic rings. The standard InChI is InChI=1S/C10H18O3Si/c1-7(11)10(8(2)12,9(3)13)14(4,5)6/h1-6H3. The van der Waals surface area contributed by atoms with Crippen LogP contribution in [0.25, 0.3) is 0 Å². The Bertz CT molecular complexity index is 250. The molecule has 3 nitrogen and oxygen atoms in total. The number of hydrogen-bond donors (Lipinski definition) is 0. The largest absolute Gasteiger partial charge is 0.299 e. The van der Waals surface area contributed by atoms with E-state index in [9.17, 15) is 14.4 Å². The van der Waals surface area contributed by atoms with Crippen molar-refractivity contribution in [1.29, 1.82) is 0 Å². The molecule has 0 unspecified atom stereocenters. The van der Waals surface area contributed by atoms with Gasteiger partial charge in [0, 0.05) is 0 Å². The van der Waals surface area contributed by atoms with Gasteiger partial charge in [0.25, 0.3) is 0 Å².